The molecule has 1 aromatic carbocycles. The van der Waals surface area contributed by atoms with Crippen molar-refractivity contribution in [2.24, 2.45) is 0 Å². The van der Waals surface area contributed by atoms with Crippen LogP contribution in [0.2, 0.25) is 0 Å². The van der Waals surface area contributed by atoms with Gasteiger partial charge < -0.3 is 4.42 Å². The van der Waals surface area contributed by atoms with Crippen molar-refractivity contribution in [3.05, 3.63) is 53.5 Å². The summed E-state index contributed by atoms with van der Waals surface area (Å²) >= 11 is 0. The fraction of sp³-hybridized carbons (Fsp3) is 0.214. The molecule has 2 aromatic rings. The Kier molecular flexibility index (Phi) is 4.06. The highest BCUT2D eigenvalue weighted by atomic mass is 32.2. The third-order valence-electron chi connectivity index (χ3n) is 2.78. The molecule has 0 saturated carbocycles. The number of ketones is 1. The summed E-state index contributed by atoms with van der Waals surface area (Å²) < 4.78 is 31.7. The molecule has 0 unspecified atom stereocenters. The van der Waals surface area contributed by atoms with Gasteiger partial charge in [0.2, 0.25) is 10.0 Å². The molecule has 0 aliphatic rings. The molecule has 0 saturated heterocycles. The first-order chi connectivity index (χ1) is 9.38. The second-order valence-corrected chi connectivity index (χ2v) is 6.23. The van der Waals surface area contributed by atoms with Crippen LogP contribution in [0.25, 0.3) is 0 Å². The molecule has 0 aliphatic heterocycles. The molecule has 5 nitrogen and oxygen atoms in total. The van der Waals surface area contributed by atoms with E-state index < -0.39 is 10.0 Å². The highest BCUT2D eigenvalue weighted by Gasteiger charge is 2.14. The zero-order chi connectivity index (χ0) is 14.8. The molecule has 0 spiro atoms. The van der Waals surface area contributed by atoms with E-state index in [1.165, 1.54) is 13.0 Å². The second-order valence-electron chi connectivity index (χ2n) is 4.46. The van der Waals surface area contributed by atoms with Crippen LogP contribution in [-0.2, 0) is 16.6 Å². The maximum Gasteiger partial charge on any atom is 0.240 e. The average Bonchev–Trinajstić information content (AvgIpc) is 2.86. The molecule has 0 aliphatic carbocycles. The minimum atomic E-state index is -3.58. The van der Waals surface area contributed by atoms with Gasteiger partial charge in [-0.3, -0.25) is 4.79 Å². The van der Waals surface area contributed by atoms with Gasteiger partial charge in [0.15, 0.2) is 11.5 Å². The van der Waals surface area contributed by atoms with Crippen molar-refractivity contribution in [2.45, 2.75) is 25.3 Å². The first-order valence-electron chi connectivity index (χ1n) is 6.04. The molecule has 6 heteroatoms. The van der Waals surface area contributed by atoms with Gasteiger partial charge in [-0.2, -0.15) is 0 Å². The van der Waals surface area contributed by atoms with E-state index in [2.05, 4.69) is 4.72 Å². The van der Waals surface area contributed by atoms with Crippen LogP contribution in [-0.4, -0.2) is 14.2 Å². The summed E-state index contributed by atoms with van der Waals surface area (Å²) in [4.78, 5) is 11.3. The molecule has 0 radical (unpaired) electrons. The quantitative estimate of drug-likeness (QED) is 0.858. The van der Waals surface area contributed by atoms with E-state index in [-0.39, 0.29) is 23.0 Å². The number of furan rings is 1. The lowest BCUT2D eigenvalue weighted by Crippen LogP contribution is -2.22. The number of rotatable bonds is 5. The van der Waals surface area contributed by atoms with Gasteiger partial charge in [0.05, 0.1) is 11.4 Å². The maximum absolute atomic E-state index is 12.0. The molecule has 1 aromatic heterocycles. The van der Waals surface area contributed by atoms with Crippen molar-refractivity contribution in [1.82, 2.24) is 4.72 Å². The number of nitrogens with one attached hydrogen (secondary N) is 1. The van der Waals surface area contributed by atoms with Crippen LogP contribution in [0.15, 0.2) is 45.7 Å². The standard InChI is InChI=1S/C14H15NO4S/c1-10-3-6-13(7-4-10)20(17,18)15-9-12-5-8-14(19-12)11(2)16/h3-8,15H,9H2,1-2H3. The van der Waals surface area contributed by atoms with E-state index >= 15 is 0 Å². The number of carbonyl (C=O) groups is 1. The van der Waals surface area contributed by atoms with Gasteiger partial charge in [0, 0.05) is 6.92 Å². The van der Waals surface area contributed by atoms with Crippen molar-refractivity contribution >= 4 is 15.8 Å². The summed E-state index contributed by atoms with van der Waals surface area (Å²) in [6.07, 6.45) is 0. The van der Waals surface area contributed by atoms with E-state index in [9.17, 15) is 13.2 Å². The number of carbonyl (C=O) groups excluding carboxylic acids is 1. The summed E-state index contributed by atoms with van der Waals surface area (Å²) in [5.41, 5.74) is 0.987. The smallest absolute Gasteiger partial charge is 0.240 e. The molecule has 2 rings (SSSR count). The molecule has 0 bridgehead atoms. The lowest BCUT2D eigenvalue weighted by atomic mass is 10.2. The number of hydrogen-bond acceptors (Lipinski definition) is 4. The highest BCUT2D eigenvalue weighted by molar-refractivity contribution is 7.89. The predicted octanol–water partition coefficient (Wildman–Crippen LogP) is 2.27. The fourth-order valence-corrected chi connectivity index (χ4v) is 2.62. The predicted molar refractivity (Wildman–Crippen MR) is 73.9 cm³/mol. The average molecular weight is 293 g/mol. The number of Topliss-reactive ketones (excluding diaryl/α,β-unsaturated/α-hetero) is 1. The van der Waals surface area contributed by atoms with Crippen LogP contribution in [0.1, 0.15) is 28.8 Å². The molecule has 1 heterocycles. The first-order valence-corrected chi connectivity index (χ1v) is 7.53. The van der Waals surface area contributed by atoms with Gasteiger partial charge in [-0.25, -0.2) is 13.1 Å². The molecular formula is C14H15NO4S. The van der Waals surface area contributed by atoms with Crippen LogP contribution in [0.4, 0.5) is 0 Å². The van der Waals surface area contributed by atoms with Gasteiger partial charge in [-0.1, -0.05) is 17.7 Å². The number of benzene rings is 1. The van der Waals surface area contributed by atoms with Gasteiger partial charge >= 0.3 is 0 Å². The van der Waals surface area contributed by atoms with Crippen LogP contribution in [0.3, 0.4) is 0 Å². The largest absolute Gasteiger partial charge is 0.457 e. The van der Waals surface area contributed by atoms with Crippen molar-refractivity contribution in [2.75, 3.05) is 0 Å². The van der Waals surface area contributed by atoms with Gasteiger partial charge in [0.25, 0.3) is 0 Å². The van der Waals surface area contributed by atoms with Crippen LogP contribution < -0.4 is 4.72 Å². The zero-order valence-corrected chi connectivity index (χ0v) is 12.0. The summed E-state index contributed by atoms with van der Waals surface area (Å²) in [5, 5.41) is 0. The molecule has 0 atom stereocenters. The van der Waals surface area contributed by atoms with Gasteiger partial charge in [0.1, 0.15) is 5.76 Å². The van der Waals surface area contributed by atoms with Crippen LogP contribution >= 0.6 is 0 Å². The molecule has 0 fully saturated rings. The van der Waals surface area contributed by atoms with Crippen molar-refractivity contribution in [3.8, 4) is 0 Å². The maximum atomic E-state index is 12.0. The third kappa shape index (κ3) is 3.34. The Hall–Kier alpha value is -1.92. The summed E-state index contributed by atoms with van der Waals surface area (Å²) in [7, 11) is -3.58. The highest BCUT2D eigenvalue weighted by Crippen LogP contribution is 2.12. The lowest BCUT2D eigenvalue weighted by Gasteiger charge is -2.05. The zero-order valence-electron chi connectivity index (χ0n) is 11.2. The van der Waals surface area contributed by atoms with Crippen molar-refractivity contribution < 1.29 is 17.6 Å². The summed E-state index contributed by atoms with van der Waals surface area (Å²) in [5.74, 6) is 0.415. The normalized spacial score (nSPS) is 11.5. The number of sulfonamides is 1. The SMILES string of the molecule is CC(=O)c1ccc(CNS(=O)(=O)c2ccc(C)cc2)o1. The van der Waals surface area contributed by atoms with E-state index in [0.29, 0.717) is 5.76 Å². The Morgan fingerprint density at radius 2 is 1.80 bits per heavy atom. The Labute approximate surface area is 117 Å². The summed E-state index contributed by atoms with van der Waals surface area (Å²) in [6, 6.07) is 9.65. The fourth-order valence-electron chi connectivity index (χ4n) is 1.63. The molecule has 0 amide bonds. The van der Waals surface area contributed by atoms with Crippen LogP contribution in [0, 0.1) is 6.92 Å². The van der Waals surface area contributed by atoms with Crippen LogP contribution in [0.5, 0.6) is 0 Å². The van der Waals surface area contributed by atoms with E-state index in [1.54, 1.807) is 30.3 Å². The van der Waals surface area contributed by atoms with E-state index in [0.717, 1.165) is 5.56 Å². The van der Waals surface area contributed by atoms with E-state index in [1.807, 2.05) is 6.92 Å². The Balaban J connectivity index is 2.08. The minimum absolute atomic E-state index is 0.00346. The van der Waals surface area contributed by atoms with Crippen molar-refractivity contribution in [3.63, 3.8) is 0 Å². The molecule has 106 valence electrons. The summed E-state index contributed by atoms with van der Waals surface area (Å²) in [6.45, 7) is 3.28. The van der Waals surface area contributed by atoms with Gasteiger partial charge in [-0.15, -0.1) is 0 Å². The molecule has 1 N–H and O–H groups in total. The molecule has 20 heavy (non-hydrogen) atoms. The minimum Gasteiger partial charge on any atom is -0.457 e. The number of hydrogen-bond donors (Lipinski definition) is 1. The lowest BCUT2D eigenvalue weighted by molar-refractivity contribution is 0.0985. The second kappa shape index (κ2) is 5.60. The monoisotopic (exact) mass is 293 g/mol. The Morgan fingerprint density at radius 1 is 1.15 bits per heavy atom. The van der Waals surface area contributed by atoms with E-state index in [4.69, 9.17) is 4.42 Å². The van der Waals surface area contributed by atoms with Gasteiger partial charge in [-0.05, 0) is 31.2 Å². The first kappa shape index (κ1) is 14.5. The topological polar surface area (TPSA) is 76.4 Å². The Bertz CT molecular complexity index is 714. The third-order valence-corrected chi connectivity index (χ3v) is 4.19. The van der Waals surface area contributed by atoms with Crippen molar-refractivity contribution in [1.29, 1.82) is 0 Å². The molecular weight excluding hydrogens is 278 g/mol. The Morgan fingerprint density at radius 3 is 2.35 bits per heavy atom. The number of aryl methyl sites for hydroxylation is 1.